The molecule has 1 aromatic carbocycles. The summed E-state index contributed by atoms with van der Waals surface area (Å²) in [6.07, 6.45) is 0.270. The highest BCUT2D eigenvalue weighted by Crippen LogP contribution is 2.25. The number of nitrogen functional groups attached to an aromatic ring is 1. The summed E-state index contributed by atoms with van der Waals surface area (Å²) in [5.74, 6) is -0.870. The molecule has 1 saturated heterocycles. The van der Waals surface area contributed by atoms with Crippen molar-refractivity contribution in [1.82, 2.24) is 9.62 Å². The number of sulfonamides is 1. The summed E-state index contributed by atoms with van der Waals surface area (Å²) in [5.41, 5.74) is 5.98. The van der Waals surface area contributed by atoms with Crippen molar-refractivity contribution in [1.29, 1.82) is 0 Å². The van der Waals surface area contributed by atoms with Crippen LogP contribution in [0.25, 0.3) is 0 Å². The van der Waals surface area contributed by atoms with Crippen LogP contribution in [0.15, 0.2) is 27.6 Å². The first-order valence-electron chi connectivity index (χ1n) is 6.10. The van der Waals surface area contributed by atoms with Gasteiger partial charge >= 0.3 is 0 Å². The monoisotopic (exact) mass is 375 g/mol. The third-order valence-electron chi connectivity index (χ3n) is 3.19. The van der Waals surface area contributed by atoms with E-state index < -0.39 is 22.0 Å². The van der Waals surface area contributed by atoms with Gasteiger partial charge in [0.15, 0.2) is 0 Å². The number of likely N-dealkylation sites (tertiary alicyclic amines) is 1. The molecule has 0 aliphatic carbocycles. The molecule has 0 aromatic heterocycles. The fourth-order valence-corrected chi connectivity index (χ4v) is 4.33. The fraction of sp³-hybridized carbons (Fsp3) is 0.333. The maximum atomic E-state index is 12.3. The van der Waals surface area contributed by atoms with Crippen LogP contribution in [0.5, 0.6) is 0 Å². The first-order valence-corrected chi connectivity index (χ1v) is 8.38. The Labute approximate surface area is 130 Å². The molecule has 0 radical (unpaired) electrons. The number of carbonyl (C=O) groups excluding carboxylic acids is 2. The molecule has 1 unspecified atom stereocenters. The summed E-state index contributed by atoms with van der Waals surface area (Å²) in [4.78, 5) is 24.2. The Balaban J connectivity index is 2.25. The minimum atomic E-state index is -3.89. The van der Waals surface area contributed by atoms with Crippen LogP contribution < -0.4 is 10.5 Å². The second-order valence-electron chi connectivity index (χ2n) is 4.69. The summed E-state index contributed by atoms with van der Waals surface area (Å²) in [5, 5.41) is 0. The number of nitrogens with zero attached hydrogens (tertiary/aromatic N) is 1. The van der Waals surface area contributed by atoms with Gasteiger partial charge in [0.25, 0.3) is 0 Å². The SMILES string of the molecule is CN1C(=O)CCC(NS(=O)(=O)c2ccc(N)cc2Br)C1=O. The number of piperidine rings is 1. The van der Waals surface area contributed by atoms with Crippen LogP contribution in [-0.2, 0) is 19.6 Å². The van der Waals surface area contributed by atoms with Crippen LogP contribution in [0, 0.1) is 0 Å². The van der Waals surface area contributed by atoms with Crippen molar-refractivity contribution >= 4 is 43.5 Å². The van der Waals surface area contributed by atoms with Crippen LogP contribution in [-0.4, -0.2) is 38.2 Å². The molecule has 1 heterocycles. The zero-order valence-corrected chi connectivity index (χ0v) is 13.6. The summed E-state index contributed by atoms with van der Waals surface area (Å²) >= 11 is 3.14. The van der Waals surface area contributed by atoms with E-state index in [1.807, 2.05) is 0 Å². The summed E-state index contributed by atoms with van der Waals surface area (Å²) in [7, 11) is -2.55. The van der Waals surface area contributed by atoms with E-state index in [0.717, 1.165) is 4.90 Å². The second kappa shape index (κ2) is 5.74. The van der Waals surface area contributed by atoms with E-state index in [9.17, 15) is 18.0 Å². The van der Waals surface area contributed by atoms with Crippen LogP contribution in [0.2, 0.25) is 0 Å². The third kappa shape index (κ3) is 3.25. The molecular formula is C12H14BrN3O4S. The van der Waals surface area contributed by atoms with Crippen LogP contribution in [0.4, 0.5) is 5.69 Å². The van der Waals surface area contributed by atoms with Gasteiger partial charge in [0.2, 0.25) is 21.8 Å². The van der Waals surface area contributed by atoms with Crippen molar-refractivity contribution in [2.24, 2.45) is 0 Å². The zero-order chi connectivity index (χ0) is 15.8. The quantitative estimate of drug-likeness (QED) is 0.588. The van der Waals surface area contributed by atoms with Gasteiger partial charge in [-0.05, 0) is 40.5 Å². The Bertz CT molecular complexity index is 704. The standard InChI is InChI=1S/C12H14BrN3O4S/c1-16-11(17)5-3-9(12(16)18)15-21(19,20)10-4-2-7(14)6-8(10)13/h2,4,6,9,15H,3,5,14H2,1H3. The molecule has 0 saturated carbocycles. The predicted molar refractivity (Wildman–Crippen MR) is 79.7 cm³/mol. The van der Waals surface area contributed by atoms with Crippen molar-refractivity contribution in [3.05, 3.63) is 22.7 Å². The van der Waals surface area contributed by atoms with Crippen LogP contribution in [0.3, 0.4) is 0 Å². The molecule has 3 N–H and O–H groups in total. The third-order valence-corrected chi connectivity index (χ3v) is 5.64. The average molecular weight is 376 g/mol. The van der Waals surface area contributed by atoms with Gasteiger partial charge in [0.05, 0.1) is 4.90 Å². The van der Waals surface area contributed by atoms with Gasteiger partial charge in [-0.1, -0.05) is 0 Å². The maximum Gasteiger partial charge on any atom is 0.247 e. The lowest BCUT2D eigenvalue weighted by molar-refractivity contribution is -0.147. The number of halogens is 1. The Morgan fingerprint density at radius 3 is 2.67 bits per heavy atom. The normalized spacial score (nSPS) is 19.9. The number of benzene rings is 1. The fourth-order valence-electron chi connectivity index (χ4n) is 2.01. The molecule has 9 heteroatoms. The van der Waals surface area contributed by atoms with Crippen LogP contribution in [0.1, 0.15) is 12.8 Å². The van der Waals surface area contributed by atoms with Gasteiger partial charge < -0.3 is 5.73 Å². The topological polar surface area (TPSA) is 110 Å². The molecule has 0 spiro atoms. The molecule has 21 heavy (non-hydrogen) atoms. The number of hydrogen-bond donors (Lipinski definition) is 2. The van der Waals surface area contributed by atoms with Crippen LogP contribution >= 0.6 is 15.9 Å². The number of rotatable bonds is 3. The van der Waals surface area contributed by atoms with Crippen molar-refractivity contribution in [2.45, 2.75) is 23.8 Å². The van der Waals surface area contributed by atoms with Gasteiger partial charge in [0.1, 0.15) is 6.04 Å². The molecule has 114 valence electrons. The molecule has 0 bridgehead atoms. The second-order valence-corrected chi connectivity index (χ2v) is 7.23. The highest BCUT2D eigenvalue weighted by molar-refractivity contribution is 9.10. The largest absolute Gasteiger partial charge is 0.399 e. The highest BCUT2D eigenvalue weighted by atomic mass is 79.9. The van der Waals surface area contributed by atoms with E-state index in [1.165, 1.54) is 25.2 Å². The molecule has 1 aliphatic rings. The lowest BCUT2D eigenvalue weighted by atomic mass is 10.1. The predicted octanol–water partition coefficient (Wildman–Crippen LogP) is 0.457. The molecule has 1 fully saturated rings. The van der Waals surface area contributed by atoms with Gasteiger partial charge in [-0.15, -0.1) is 0 Å². The van der Waals surface area contributed by atoms with Gasteiger partial charge in [0, 0.05) is 23.6 Å². The van der Waals surface area contributed by atoms with Gasteiger partial charge in [-0.3, -0.25) is 14.5 Å². The van der Waals surface area contributed by atoms with Crippen molar-refractivity contribution in [2.75, 3.05) is 12.8 Å². The Morgan fingerprint density at radius 1 is 1.38 bits per heavy atom. The zero-order valence-electron chi connectivity index (χ0n) is 11.2. The first-order chi connectivity index (χ1) is 9.72. The van der Waals surface area contributed by atoms with E-state index in [2.05, 4.69) is 20.7 Å². The average Bonchev–Trinajstić information content (AvgIpc) is 2.39. The highest BCUT2D eigenvalue weighted by Gasteiger charge is 2.35. The van der Waals surface area contributed by atoms with Crippen molar-refractivity contribution in [3.8, 4) is 0 Å². The van der Waals surface area contributed by atoms with Gasteiger partial charge in [-0.25, -0.2) is 8.42 Å². The lowest BCUT2D eigenvalue weighted by Crippen LogP contribution is -2.52. The van der Waals surface area contributed by atoms with E-state index in [1.54, 1.807) is 0 Å². The minimum Gasteiger partial charge on any atom is -0.399 e. The number of likely N-dealkylation sites (N-methyl/N-ethyl adjacent to an activating group) is 1. The maximum absolute atomic E-state index is 12.3. The molecule has 2 rings (SSSR count). The van der Waals surface area contributed by atoms with Crippen molar-refractivity contribution < 1.29 is 18.0 Å². The molecule has 2 amide bonds. The van der Waals surface area contributed by atoms with E-state index in [4.69, 9.17) is 5.73 Å². The number of nitrogens with two attached hydrogens (primary N) is 1. The van der Waals surface area contributed by atoms with E-state index in [-0.39, 0.29) is 23.6 Å². The number of carbonyl (C=O) groups is 2. The molecule has 7 nitrogen and oxygen atoms in total. The van der Waals surface area contributed by atoms with Gasteiger partial charge in [-0.2, -0.15) is 4.72 Å². The molecule has 1 atom stereocenters. The lowest BCUT2D eigenvalue weighted by Gasteiger charge is -2.28. The first kappa shape index (κ1) is 15.9. The Morgan fingerprint density at radius 2 is 2.05 bits per heavy atom. The molecular weight excluding hydrogens is 362 g/mol. The summed E-state index contributed by atoms with van der Waals surface area (Å²) in [6, 6.07) is 3.33. The van der Waals surface area contributed by atoms with E-state index in [0.29, 0.717) is 10.2 Å². The number of nitrogens with one attached hydrogen (secondary N) is 1. The van der Waals surface area contributed by atoms with E-state index >= 15 is 0 Å². The Kier molecular flexibility index (Phi) is 4.35. The number of imide groups is 1. The molecule has 1 aromatic rings. The Hall–Kier alpha value is -1.45. The number of amides is 2. The number of anilines is 1. The minimum absolute atomic E-state index is 0.0101. The summed E-state index contributed by atoms with van der Waals surface area (Å²) < 4.78 is 27.3. The smallest absolute Gasteiger partial charge is 0.247 e. The molecule has 1 aliphatic heterocycles. The van der Waals surface area contributed by atoms with Crippen molar-refractivity contribution in [3.63, 3.8) is 0 Å². The summed E-state index contributed by atoms with van der Waals surface area (Å²) in [6.45, 7) is 0. The number of hydrogen-bond acceptors (Lipinski definition) is 5.